The van der Waals surface area contributed by atoms with Gasteiger partial charge in [0.15, 0.2) is 0 Å². The summed E-state index contributed by atoms with van der Waals surface area (Å²) < 4.78 is 0. The molecule has 0 saturated heterocycles. The number of nitrogens with one attached hydrogen (secondary N) is 1. The fraction of sp³-hybridized carbons (Fsp3) is 0.200. The zero-order chi connectivity index (χ0) is 16.4. The van der Waals surface area contributed by atoms with E-state index in [-0.39, 0.29) is 6.04 Å². The molecule has 3 aromatic rings. The number of aryl methyl sites for hydroxylation is 3. The molecular formula is C20H21N3. The smallest absolute Gasteiger partial charge is 0.138 e. The van der Waals surface area contributed by atoms with Crippen LogP contribution in [0.5, 0.6) is 0 Å². The lowest BCUT2D eigenvalue weighted by Crippen LogP contribution is -2.11. The van der Waals surface area contributed by atoms with Gasteiger partial charge >= 0.3 is 0 Å². The van der Waals surface area contributed by atoms with Gasteiger partial charge in [-0.1, -0.05) is 30.3 Å². The molecule has 0 aliphatic rings. The molecule has 1 heterocycles. The van der Waals surface area contributed by atoms with E-state index in [2.05, 4.69) is 66.9 Å². The lowest BCUT2D eigenvalue weighted by molar-refractivity contribution is 0.957. The molecule has 0 saturated carbocycles. The Morgan fingerprint density at radius 2 is 1.74 bits per heavy atom. The molecule has 1 aromatic heterocycles. The average molecular weight is 303 g/mol. The Balaban J connectivity index is 2.05. The van der Waals surface area contributed by atoms with Gasteiger partial charge in [0.25, 0.3) is 0 Å². The highest BCUT2D eigenvalue weighted by Crippen LogP contribution is 2.28. The van der Waals surface area contributed by atoms with Crippen molar-refractivity contribution in [1.29, 1.82) is 0 Å². The van der Waals surface area contributed by atoms with Gasteiger partial charge in [-0.05, 0) is 55.2 Å². The fourth-order valence-electron chi connectivity index (χ4n) is 2.78. The molecule has 3 rings (SSSR count). The van der Waals surface area contributed by atoms with Crippen molar-refractivity contribution in [3.8, 4) is 0 Å². The highest BCUT2D eigenvalue weighted by molar-refractivity contribution is 5.90. The summed E-state index contributed by atoms with van der Waals surface area (Å²) in [6.45, 7) is 10.3. The van der Waals surface area contributed by atoms with Crippen LogP contribution < -0.4 is 5.32 Å². The number of hydrogen-bond acceptors (Lipinski definition) is 3. The van der Waals surface area contributed by atoms with E-state index in [4.69, 9.17) is 0 Å². The van der Waals surface area contributed by atoms with E-state index in [1.807, 2.05) is 18.2 Å². The summed E-state index contributed by atoms with van der Waals surface area (Å²) in [7, 11) is 0. The summed E-state index contributed by atoms with van der Waals surface area (Å²) in [4.78, 5) is 8.84. The Bertz CT molecular complexity index is 868. The number of hydrogen-bond donors (Lipinski definition) is 1. The Kier molecular flexibility index (Phi) is 4.11. The van der Waals surface area contributed by atoms with E-state index in [0.29, 0.717) is 0 Å². The zero-order valence-corrected chi connectivity index (χ0v) is 13.8. The van der Waals surface area contributed by atoms with E-state index in [1.165, 1.54) is 22.3 Å². The molecule has 1 N–H and O–H groups in total. The minimum atomic E-state index is 0.0101. The third-order valence-electron chi connectivity index (χ3n) is 4.30. The van der Waals surface area contributed by atoms with Gasteiger partial charge in [-0.15, -0.1) is 6.58 Å². The van der Waals surface area contributed by atoms with Crippen LogP contribution >= 0.6 is 0 Å². The second-order valence-corrected chi connectivity index (χ2v) is 5.89. The van der Waals surface area contributed by atoms with Crippen LogP contribution in [0.25, 0.3) is 10.9 Å². The molecule has 23 heavy (non-hydrogen) atoms. The van der Waals surface area contributed by atoms with E-state index in [9.17, 15) is 0 Å². The zero-order valence-electron chi connectivity index (χ0n) is 13.8. The molecule has 0 bridgehead atoms. The molecule has 0 aliphatic carbocycles. The van der Waals surface area contributed by atoms with Gasteiger partial charge in [0, 0.05) is 5.39 Å². The van der Waals surface area contributed by atoms with Gasteiger partial charge in [0.2, 0.25) is 0 Å². The van der Waals surface area contributed by atoms with Crippen LogP contribution in [-0.2, 0) is 0 Å². The molecule has 0 radical (unpaired) electrons. The van der Waals surface area contributed by atoms with Crippen LogP contribution in [0, 0.1) is 20.8 Å². The number of benzene rings is 2. The quantitative estimate of drug-likeness (QED) is 0.697. The Labute approximate surface area is 137 Å². The molecule has 1 atom stereocenters. The van der Waals surface area contributed by atoms with Gasteiger partial charge in [0.1, 0.15) is 12.1 Å². The van der Waals surface area contributed by atoms with Crippen molar-refractivity contribution >= 4 is 16.7 Å². The first-order valence-corrected chi connectivity index (χ1v) is 7.76. The van der Waals surface area contributed by atoms with Crippen molar-refractivity contribution in [2.24, 2.45) is 0 Å². The summed E-state index contributed by atoms with van der Waals surface area (Å²) in [5, 5.41) is 4.54. The van der Waals surface area contributed by atoms with E-state index in [1.54, 1.807) is 6.33 Å². The summed E-state index contributed by atoms with van der Waals surface area (Å²) in [5.41, 5.74) is 5.87. The number of anilines is 1. The highest BCUT2D eigenvalue weighted by Gasteiger charge is 2.13. The number of nitrogens with zero attached hydrogens (tertiary/aromatic N) is 2. The summed E-state index contributed by atoms with van der Waals surface area (Å²) >= 11 is 0. The summed E-state index contributed by atoms with van der Waals surface area (Å²) in [6, 6.07) is 12.6. The van der Waals surface area contributed by atoms with Crippen LogP contribution in [0.15, 0.2) is 55.4 Å². The maximum atomic E-state index is 4.45. The van der Waals surface area contributed by atoms with Gasteiger partial charge in [-0.3, -0.25) is 0 Å². The number of aromatic nitrogens is 2. The molecule has 3 heteroatoms. The molecule has 0 fully saturated rings. The van der Waals surface area contributed by atoms with E-state index >= 15 is 0 Å². The van der Waals surface area contributed by atoms with Gasteiger partial charge in [-0.2, -0.15) is 0 Å². The Morgan fingerprint density at radius 3 is 2.48 bits per heavy atom. The third kappa shape index (κ3) is 2.95. The first-order chi connectivity index (χ1) is 11.1. The molecule has 0 amide bonds. The standard InChI is InChI=1S/C20H21N3/c1-5-18(16-9-7-6-8-13(16)2)23-20-17-10-14(3)15(4)11-19(17)21-12-22-20/h5-12,18H,1H2,2-4H3,(H,21,22,23). The maximum Gasteiger partial charge on any atom is 0.138 e. The lowest BCUT2D eigenvalue weighted by Gasteiger charge is -2.19. The minimum Gasteiger partial charge on any atom is -0.359 e. The van der Waals surface area contributed by atoms with Crippen LogP contribution in [0.1, 0.15) is 28.3 Å². The van der Waals surface area contributed by atoms with E-state index < -0.39 is 0 Å². The normalized spacial score (nSPS) is 12.1. The van der Waals surface area contributed by atoms with Crippen molar-refractivity contribution in [2.75, 3.05) is 5.32 Å². The van der Waals surface area contributed by atoms with Crippen molar-refractivity contribution in [3.05, 3.63) is 77.6 Å². The van der Waals surface area contributed by atoms with Crippen LogP contribution in [0.2, 0.25) is 0 Å². The summed E-state index contributed by atoms with van der Waals surface area (Å²) in [5.74, 6) is 0.839. The Morgan fingerprint density at radius 1 is 1.00 bits per heavy atom. The maximum absolute atomic E-state index is 4.45. The third-order valence-corrected chi connectivity index (χ3v) is 4.30. The summed E-state index contributed by atoms with van der Waals surface area (Å²) in [6.07, 6.45) is 3.52. The van der Waals surface area contributed by atoms with Crippen molar-refractivity contribution in [1.82, 2.24) is 9.97 Å². The predicted octanol–water partition coefficient (Wildman–Crippen LogP) is 4.89. The monoisotopic (exact) mass is 303 g/mol. The van der Waals surface area contributed by atoms with E-state index in [0.717, 1.165) is 16.7 Å². The van der Waals surface area contributed by atoms with Gasteiger partial charge < -0.3 is 5.32 Å². The molecular weight excluding hydrogens is 282 g/mol. The first-order valence-electron chi connectivity index (χ1n) is 7.76. The minimum absolute atomic E-state index is 0.0101. The SMILES string of the molecule is C=CC(Nc1ncnc2cc(C)c(C)cc12)c1ccccc1C. The number of rotatable bonds is 4. The predicted molar refractivity (Wildman–Crippen MR) is 96.8 cm³/mol. The lowest BCUT2D eigenvalue weighted by atomic mass is 10.0. The Hall–Kier alpha value is -2.68. The largest absolute Gasteiger partial charge is 0.359 e. The molecule has 0 spiro atoms. The topological polar surface area (TPSA) is 37.8 Å². The van der Waals surface area contributed by atoms with Crippen LogP contribution in [-0.4, -0.2) is 9.97 Å². The first kappa shape index (κ1) is 15.2. The van der Waals surface area contributed by atoms with Crippen molar-refractivity contribution in [2.45, 2.75) is 26.8 Å². The molecule has 2 aromatic carbocycles. The highest BCUT2D eigenvalue weighted by atomic mass is 15.0. The second kappa shape index (κ2) is 6.21. The fourth-order valence-corrected chi connectivity index (χ4v) is 2.78. The van der Waals surface area contributed by atoms with Crippen LogP contribution in [0.3, 0.4) is 0 Å². The molecule has 3 nitrogen and oxygen atoms in total. The number of fused-ring (bicyclic) bond motifs is 1. The second-order valence-electron chi connectivity index (χ2n) is 5.89. The van der Waals surface area contributed by atoms with Gasteiger partial charge in [0.05, 0.1) is 11.6 Å². The van der Waals surface area contributed by atoms with Crippen molar-refractivity contribution < 1.29 is 0 Å². The van der Waals surface area contributed by atoms with Crippen LogP contribution in [0.4, 0.5) is 5.82 Å². The molecule has 1 unspecified atom stereocenters. The molecule has 116 valence electrons. The molecule has 0 aliphatic heterocycles. The average Bonchev–Trinajstić information content (AvgIpc) is 2.55. The van der Waals surface area contributed by atoms with Crippen molar-refractivity contribution in [3.63, 3.8) is 0 Å². The van der Waals surface area contributed by atoms with Gasteiger partial charge in [-0.25, -0.2) is 9.97 Å².